The lowest BCUT2D eigenvalue weighted by atomic mass is 9.93. The van der Waals surface area contributed by atoms with Crippen molar-refractivity contribution in [2.75, 3.05) is 0 Å². The summed E-state index contributed by atoms with van der Waals surface area (Å²) in [7, 11) is 0. The molecule has 1 aliphatic rings. The Labute approximate surface area is 135 Å². The molecule has 2 nitrogen and oxygen atoms in total. The molecule has 2 rings (SSSR count). The summed E-state index contributed by atoms with van der Waals surface area (Å²) in [5.41, 5.74) is 2.54. The molecule has 0 spiro atoms. The van der Waals surface area contributed by atoms with Crippen molar-refractivity contribution in [3.8, 4) is 0 Å². The molecule has 118 valence electrons. The predicted molar refractivity (Wildman–Crippen MR) is 96.8 cm³/mol. The van der Waals surface area contributed by atoms with Crippen molar-refractivity contribution in [1.29, 1.82) is 0 Å². The third-order valence-electron chi connectivity index (χ3n) is 4.44. The summed E-state index contributed by atoms with van der Waals surface area (Å²) in [6.07, 6.45) is 15.3. The van der Waals surface area contributed by atoms with Crippen LogP contribution in [0.4, 0.5) is 0 Å². The molecule has 1 aliphatic heterocycles. The van der Waals surface area contributed by atoms with Crippen molar-refractivity contribution in [2.24, 2.45) is 9.98 Å². The summed E-state index contributed by atoms with van der Waals surface area (Å²) in [6.45, 7) is 4.61. The number of benzene rings is 1. The molecule has 0 radical (unpaired) electrons. The Morgan fingerprint density at radius 2 is 1.45 bits per heavy atom. The minimum absolute atomic E-state index is 0.644. The highest BCUT2D eigenvalue weighted by Gasteiger charge is 2.18. The lowest BCUT2D eigenvalue weighted by molar-refractivity contribution is 0.549. The molecule has 0 saturated carbocycles. The van der Waals surface area contributed by atoms with E-state index in [0.717, 1.165) is 11.7 Å². The summed E-state index contributed by atoms with van der Waals surface area (Å²) in [4.78, 5) is 8.48. The molecule has 1 aromatic rings. The Morgan fingerprint density at radius 1 is 0.864 bits per heavy atom. The first-order chi connectivity index (χ1) is 10.8. The van der Waals surface area contributed by atoms with Gasteiger partial charge in [-0.15, -0.1) is 9.98 Å². The van der Waals surface area contributed by atoms with E-state index >= 15 is 0 Å². The standard InChI is InChI=1S/C20H29N2/c1-3-4-5-6-7-8-9-10-17(2)18-11-13-19(14-12-18)20-21-15-16-22-20/h11-17H,3-10H2,1-2H3/q+1. The van der Waals surface area contributed by atoms with Gasteiger partial charge in [-0.25, -0.2) is 0 Å². The monoisotopic (exact) mass is 297 g/mol. The Morgan fingerprint density at radius 3 is 2.09 bits per heavy atom. The molecule has 1 unspecified atom stereocenters. The number of hydrogen-bond donors (Lipinski definition) is 0. The fraction of sp³-hybridized carbons (Fsp3) is 0.550. The minimum atomic E-state index is 0.644. The second kappa shape index (κ2) is 9.45. The van der Waals surface area contributed by atoms with Gasteiger partial charge in [0, 0.05) is 12.1 Å². The average Bonchev–Trinajstić information content (AvgIpc) is 3.08. The zero-order valence-corrected chi connectivity index (χ0v) is 14.1. The summed E-state index contributed by atoms with van der Waals surface area (Å²) in [5, 5.41) is 0. The third-order valence-corrected chi connectivity index (χ3v) is 4.44. The molecule has 0 saturated heterocycles. The van der Waals surface area contributed by atoms with Crippen LogP contribution in [0.5, 0.6) is 0 Å². The lowest BCUT2D eigenvalue weighted by Crippen LogP contribution is -1.96. The van der Waals surface area contributed by atoms with E-state index in [2.05, 4.69) is 48.1 Å². The van der Waals surface area contributed by atoms with Gasteiger partial charge in [-0.1, -0.05) is 58.8 Å². The fourth-order valence-corrected chi connectivity index (χ4v) is 2.93. The van der Waals surface area contributed by atoms with Gasteiger partial charge in [0.25, 0.3) is 0 Å². The van der Waals surface area contributed by atoms with Crippen LogP contribution in [0.1, 0.15) is 82.3 Å². The van der Waals surface area contributed by atoms with Crippen LogP contribution in [-0.4, -0.2) is 12.4 Å². The summed E-state index contributed by atoms with van der Waals surface area (Å²) in [5.74, 6) is 0.644. The molecule has 1 atom stereocenters. The van der Waals surface area contributed by atoms with Gasteiger partial charge in [0.1, 0.15) is 18.0 Å². The van der Waals surface area contributed by atoms with E-state index in [1.54, 1.807) is 12.4 Å². The predicted octanol–water partition coefficient (Wildman–Crippen LogP) is 5.92. The van der Waals surface area contributed by atoms with Gasteiger partial charge in [-0.2, -0.15) is 0 Å². The van der Waals surface area contributed by atoms with Crippen LogP contribution >= 0.6 is 0 Å². The van der Waals surface area contributed by atoms with Gasteiger partial charge in [0.05, 0.1) is 0 Å². The second-order valence-electron chi connectivity index (χ2n) is 6.31. The summed E-state index contributed by atoms with van der Waals surface area (Å²) in [6, 6.07) is 8.76. The average molecular weight is 297 g/mol. The van der Waals surface area contributed by atoms with Crippen molar-refractivity contribution >= 4 is 12.4 Å². The van der Waals surface area contributed by atoms with Crippen LogP contribution in [-0.2, 0) is 0 Å². The van der Waals surface area contributed by atoms with Gasteiger partial charge in [0.2, 0.25) is 6.17 Å². The second-order valence-corrected chi connectivity index (χ2v) is 6.31. The molecule has 0 amide bonds. The van der Waals surface area contributed by atoms with Gasteiger partial charge in [-0.05, 0) is 30.0 Å². The highest BCUT2D eigenvalue weighted by atomic mass is 15.0. The molecule has 0 N–H and O–H groups in total. The van der Waals surface area contributed by atoms with Crippen molar-refractivity contribution in [3.63, 3.8) is 0 Å². The van der Waals surface area contributed by atoms with Crippen molar-refractivity contribution in [3.05, 3.63) is 41.6 Å². The van der Waals surface area contributed by atoms with Gasteiger partial charge < -0.3 is 0 Å². The van der Waals surface area contributed by atoms with Gasteiger partial charge >= 0.3 is 0 Å². The number of nitrogens with zero attached hydrogens (tertiary/aromatic N) is 2. The van der Waals surface area contributed by atoms with E-state index in [1.165, 1.54) is 56.9 Å². The van der Waals surface area contributed by atoms with Crippen molar-refractivity contribution < 1.29 is 0 Å². The zero-order valence-electron chi connectivity index (χ0n) is 14.1. The number of unbranched alkanes of at least 4 members (excludes halogenated alkanes) is 6. The van der Waals surface area contributed by atoms with E-state index < -0.39 is 0 Å². The van der Waals surface area contributed by atoms with Crippen LogP contribution in [0, 0.1) is 6.17 Å². The van der Waals surface area contributed by atoms with Crippen molar-refractivity contribution in [2.45, 2.75) is 71.1 Å². The normalized spacial score (nSPS) is 14.7. The summed E-state index contributed by atoms with van der Waals surface area (Å²) < 4.78 is 0. The number of hydrogen-bond acceptors (Lipinski definition) is 2. The molecule has 0 aromatic heterocycles. The Hall–Kier alpha value is -1.57. The Kier molecular flexibility index (Phi) is 7.21. The molecular weight excluding hydrogens is 268 g/mol. The van der Waals surface area contributed by atoms with Gasteiger partial charge in [0.15, 0.2) is 0 Å². The SMILES string of the molecule is CCCCCCCCCC(C)c1ccc([C+]2N=CC=N2)cc1. The van der Waals surface area contributed by atoms with Crippen LogP contribution in [0.2, 0.25) is 0 Å². The molecule has 1 aromatic carbocycles. The topological polar surface area (TPSA) is 24.7 Å². The number of rotatable bonds is 10. The molecule has 0 aliphatic carbocycles. The highest BCUT2D eigenvalue weighted by Crippen LogP contribution is 2.25. The molecule has 2 heteroatoms. The van der Waals surface area contributed by atoms with E-state index in [4.69, 9.17) is 0 Å². The maximum Gasteiger partial charge on any atom is 0.243 e. The smallest absolute Gasteiger partial charge is 0.147 e. The maximum absolute atomic E-state index is 4.24. The van der Waals surface area contributed by atoms with Crippen LogP contribution in [0.25, 0.3) is 0 Å². The van der Waals surface area contributed by atoms with E-state index in [1.807, 2.05) is 0 Å². The quantitative estimate of drug-likeness (QED) is 0.378. The lowest BCUT2D eigenvalue weighted by Gasteiger charge is -2.11. The Bertz CT molecular complexity index is 461. The third kappa shape index (κ3) is 5.32. The van der Waals surface area contributed by atoms with Crippen LogP contribution < -0.4 is 0 Å². The van der Waals surface area contributed by atoms with Crippen LogP contribution in [0.15, 0.2) is 34.3 Å². The van der Waals surface area contributed by atoms with E-state index in [-0.39, 0.29) is 0 Å². The highest BCUT2D eigenvalue weighted by molar-refractivity contribution is 6.18. The molecule has 1 heterocycles. The molecule has 0 fully saturated rings. The first-order valence-corrected chi connectivity index (χ1v) is 8.85. The largest absolute Gasteiger partial charge is 0.243 e. The summed E-state index contributed by atoms with van der Waals surface area (Å²) >= 11 is 0. The Balaban J connectivity index is 1.67. The maximum atomic E-state index is 4.24. The van der Waals surface area contributed by atoms with E-state index in [0.29, 0.717) is 5.92 Å². The van der Waals surface area contributed by atoms with Gasteiger partial charge in [-0.3, -0.25) is 0 Å². The van der Waals surface area contributed by atoms with Crippen molar-refractivity contribution in [1.82, 2.24) is 0 Å². The molecule has 22 heavy (non-hydrogen) atoms. The molecular formula is C20H29N2+. The fourth-order valence-electron chi connectivity index (χ4n) is 2.93. The first kappa shape index (κ1) is 16.8. The molecule has 0 bridgehead atoms. The zero-order chi connectivity index (χ0) is 15.6. The number of aliphatic imine (C=N–C) groups is 2. The minimum Gasteiger partial charge on any atom is -0.147 e. The van der Waals surface area contributed by atoms with Crippen LogP contribution in [0.3, 0.4) is 0 Å². The first-order valence-electron chi connectivity index (χ1n) is 8.85. The van der Waals surface area contributed by atoms with E-state index in [9.17, 15) is 0 Å².